The van der Waals surface area contributed by atoms with Crippen molar-refractivity contribution in [3.8, 4) is 6.07 Å². The lowest BCUT2D eigenvalue weighted by Gasteiger charge is -2.39. The fraction of sp³-hybridized carbons (Fsp3) is 0.733. The molecule has 1 heterocycles. The van der Waals surface area contributed by atoms with E-state index in [1.54, 1.807) is 0 Å². The molecule has 3 nitrogen and oxygen atoms in total. The van der Waals surface area contributed by atoms with Gasteiger partial charge in [0.05, 0.1) is 11.5 Å². The minimum absolute atomic E-state index is 0.0974. The highest BCUT2D eigenvalue weighted by molar-refractivity contribution is 5.07. The van der Waals surface area contributed by atoms with E-state index in [0.717, 1.165) is 25.7 Å². The molecule has 1 aromatic rings. The summed E-state index contributed by atoms with van der Waals surface area (Å²) in [6.07, 6.45) is 8.21. The molecule has 0 radical (unpaired) electrons. The first-order chi connectivity index (χ1) is 8.46. The molecule has 2 rings (SSSR count). The van der Waals surface area contributed by atoms with Crippen LogP contribution < -0.4 is 0 Å². The Bertz CT molecular complexity index is 441. The molecule has 0 spiro atoms. The van der Waals surface area contributed by atoms with Crippen LogP contribution in [0.5, 0.6) is 0 Å². The van der Waals surface area contributed by atoms with Crippen molar-refractivity contribution in [2.45, 2.75) is 52.4 Å². The van der Waals surface area contributed by atoms with E-state index in [9.17, 15) is 5.26 Å². The molecule has 0 amide bonds. The molecule has 0 atom stereocenters. The maximum Gasteiger partial charge on any atom is 0.0689 e. The second-order valence-corrected chi connectivity index (χ2v) is 6.50. The highest BCUT2D eigenvalue weighted by Crippen LogP contribution is 2.46. The topological polar surface area (TPSA) is 41.6 Å². The smallest absolute Gasteiger partial charge is 0.0689 e. The summed E-state index contributed by atoms with van der Waals surface area (Å²) in [6.45, 7) is 4.63. The Morgan fingerprint density at radius 2 is 2.00 bits per heavy atom. The molecule has 0 unspecified atom stereocenters. The van der Waals surface area contributed by atoms with E-state index in [0.29, 0.717) is 5.41 Å². The van der Waals surface area contributed by atoms with Gasteiger partial charge in [-0.2, -0.15) is 10.4 Å². The largest absolute Gasteiger partial charge is 0.273 e. The van der Waals surface area contributed by atoms with Crippen LogP contribution in [-0.2, 0) is 13.5 Å². The predicted octanol–water partition coefficient (Wildman–Crippen LogP) is 3.46. The Kier molecular flexibility index (Phi) is 3.47. The van der Waals surface area contributed by atoms with Crippen LogP contribution in [0, 0.1) is 22.2 Å². The van der Waals surface area contributed by atoms with Gasteiger partial charge in [0.2, 0.25) is 0 Å². The van der Waals surface area contributed by atoms with Gasteiger partial charge in [-0.15, -0.1) is 0 Å². The van der Waals surface area contributed by atoms with E-state index >= 15 is 0 Å². The van der Waals surface area contributed by atoms with Gasteiger partial charge in [0.15, 0.2) is 0 Å². The van der Waals surface area contributed by atoms with Crippen molar-refractivity contribution in [1.29, 1.82) is 5.26 Å². The van der Waals surface area contributed by atoms with Crippen LogP contribution in [0.15, 0.2) is 12.3 Å². The van der Waals surface area contributed by atoms with E-state index in [4.69, 9.17) is 0 Å². The van der Waals surface area contributed by atoms with Gasteiger partial charge in [-0.05, 0) is 50.0 Å². The van der Waals surface area contributed by atoms with Crippen LogP contribution in [-0.4, -0.2) is 9.78 Å². The Morgan fingerprint density at radius 1 is 1.33 bits per heavy atom. The fourth-order valence-electron chi connectivity index (χ4n) is 2.84. The van der Waals surface area contributed by atoms with Crippen LogP contribution >= 0.6 is 0 Å². The number of nitrogens with zero attached hydrogens (tertiary/aromatic N) is 3. The number of nitriles is 1. The van der Waals surface area contributed by atoms with Crippen LogP contribution in [0.25, 0.3) is 0 Å². The molecule has 1 fully saturated rings. The van der Waals surface area contributed by atoms with E-state index in [1.807, 2.05) is 17.9 Å². The van der Waals surface area contributed by atoms with Crippen LogP contribution in [0.3, 0.4) is 0 Å². The zero-order chi connectivity index (χ0) is 13.2. The highest BCUT2D eigenvalue weighted by atomic mass is 15.2. The number of aryl methyl sites for hydroxylation is 2. The maximum atomic E-state index is 9.54. The third-order valence-electron chi connectivity index (χ3n) is 4.58. The van der Waals surface area contributed by atoms with E-state index in [-0.39, 0.29) is 5.41 Å². The fourth-order valence-corrected chi connectivity index (χ4v) is 2.84. The van der Waals surface area contributed by atoms with Gasteiger partial charge in [-0.3, -0.25) is 4.68 Å². The molecule has 3 heteroatoms. The molecule has 0 aliphatic heterocycles. The predicted molar refractivity (Wildman–Crippen MR) is 71.8 cm³/mol. The molecule has 1 aromatic heterocycles. The van der Waals surface area contributed by atoms with Gasteiger partial charge in [0.25, 0.3) is 0 Å². The van der Waals surface area contributed by atoms with Crippen molar-refractivity contribution in [3.05, 3.63) is 18.0 Å². The molecule has 0 saturated heterocycles. The number of hydrogen-bond donors (Lipinski definition) is 0. The summed E-state index contributed by atoms with van der Waals surface area (Å²) in [4.78, 5) is 0. The monoisotopic (exact) mass is 245 g/mol. The second-order valence-electron chi connectivity index (χ2n) is 6.50. The number of rotatable bonds is 3. The standard InChI is InChI=1S/C15H23N3/c1-14(2)7-9-15(12-16,10-8-14)6-4-13-5-11-17-18(13)3/h5,11H,4,6-10H2,1-3H3. The molecule has 0 aromatic carbocycles. The van der Waals surface area contributed by atoms with E-state index in [2.05, 4.69) is 31.1 Å². The minimum atomic E-state index is -0.0974. The molecular weight excluding hydrogens is 222 g/mol. The zero-order valence-corrected chi connectivity index (χ0v) is 11.7. The lowest BCUT2D eigenvalue weighted by atomic mass is 9.64. The third kappa shape index (κ3) is 2.75. The normalized spacial score (nSPS) is 21.4. The highest BCUT2D eigenvalue weighted by Gasteiger charge is 2.38. The molecule has 1 aliphatic rings. The first-order valence-electron chi connectivity index (χ1n) is 6.85. The van der Waals surface area contributed by atoms with Gasteiger partial charge in [0.1, 0.15) is 0 Å². The van der Waals surface area contributed by atoms with Crippen molar-refractivity contribution in [2.24, 2.45) is 17.9 Å². The van der Waals surface area contributed by atoms with Crippen LogP contribution in [0.2, 0.25) is 0 Å². The Labute approximate surface area is 110 Å². The van der Waals surface area contributed by atoms with E-state index in [1.165, 1.54) is 18.5 Å². The molecule has 1 aliphatic carbocycles. The van der Waals surface area contributed by atoms with Crippen molar-refractivity contribution in [1.82, 2.24) is 9.78 Å². The van der Waals surface area contributed by atoms with Gasteiger partial charge >= 0.3 is 0 Å². The summed E-state index contributed by atoms with van der Waals surface area (Å²) in [5, 5.41) is 13.7. The minimum Gasteiger partial charge on any atom is -0.273 e. The Balaban J connectivity index is 1.98. The molecule has 0 bridgehead atoms. The van der Waals surface area contributed by atoms with Crippen molar-refractivity contribution < 1.29 is 0 Å². The van der Waals surface area contributed by atoms with Crippen molar-refractivity contribution >= 4 is 0 Å². The second kappa shape index (κ2) is 4.76. The van der Waals surface area contributed by atoms with Crippen molar-refractivity contribution in [3.63, 3.8) is 0 Å². The average Bonchev–Trinajstić information content (AvgIpc) is 2.75. The van der Waals surface area contributed by atoms with E-state index < -0.39 is 0 Å². The van der Waals surface area contributed by atoms with Crippen LogP contribution in [0.4, 0.5) is 0 Å². The molecule has 0 N–H and O–H groups in total. The quantitative estimate of drug-likeness (QED) is 0.818. The summed E-state index contributed by atoms with van der Waals surface area (Å²) < 4.78 is 1.91. The summed E-state index contributed by atoms with van der Waals surface area (Å²) in [6, 6.07) is 4.66. The van der Waals surface area contributed by atoms with Gasteiger partial charge in [-0.1, -0.05) is 13.8 Å². The van der Waals surface area contributed by atoms with Gasteiger partial charge < -0.3 is 0 Å². The zero-order valence-electron chi connectivity index (χ0n) is 11.7. The van der Waals surface area contributed by atoms with Gasteiger partial charge in [0, 0.05) is 18.9 Å². The van der Waals surface area contributed by atoms with Crippen LogP contribution in [0.1, 0.15) is 51.6 Å². The average molecular weight is 245 g/mol. The molecule has 98 valence electrons. The third-order valence-corrected chi connectivity index (χ3v) is 4.58. The lowest BCUT2D eigenvalue weighted by molar-refractivity contribution is 0.138. The summed E-state index contributed by atoms with van der Waals surface area (Å²) >= 11 is 0. The summed E-state index contributed by atoms with van der Waals surface area (Å²) in [5.74, 6) is 0. The number of aromatic nitrogens is 2. The Morgan fingerprint density at radius 3 is 2.50 bits per heavy atom. The summed E-state index contributed by atoms with van der Waals surface area (Å²) in [7, 11) is 1.97. The first kappa shape index (κ1) is 13.1. The first-order valence-corrected chi connectivity index (χ1v) is 6.85. The summed E-state index contributed by atoms with van der Waals surface area (Å²) in [5.41, 5.74) is 1.56. The maximum absolute atomic E-state index is 9.54. The lowest BCUT2D eigenvalue weighted by Crippen LogP contribution is -2.30. The van der Waals surface area contributed by atoms with Gasteiger partial charge in [-0.25, -0.2) is 0 Å². The van der Waals surface area contributed by atoms with Crippen molar-refractivity contribution in [2.75, 3.05) is 0 Å². The molecule has 1 saturated carbocycles. The SMILES string of the molecule is Cn1nccc1CCC1(C#N)CCC(C)(C)CC1. The molecular formula is C15H23N3. The number of hydrogen-bond acceptors (Lipinski definition) is 2. The Hall–Kier alpha value is -1.30. The molecule has 18 heavy (non-hydrogen) atoms.